The van der Waals surface area contributed by atoms with Gasteiger partial charge in [0.05, 0.1) is 5.69 Å². The van der Waals surface area contributed by atoms with Crippen LogP contribution in [0.2, 0.25) is 0 Å². The minimum absolute atomic E-state index is 0.233. The zero-order valence-corrected chi connectivity index (χ0v) is 9.26. The first-order valence-electron chi connectivity index (χ1n) is 5.28. The summed E-state index contributed by atoms with van der Waals surface area (Å²) < 4.78 is 14.8. The molecular formula is C13H10FN3. The Balaban J connectivity index is 2.24. The van der Waals surface area contributed by atoms with Crippen molar-refractivity contribution in [1.29, 1.82) is 0 Å². The maximum atomic E-state index is 12.9. The molecule has 0 atom stereocenters. The van der Waals surface area contributed by atoms with Crippen molar-refractivity contribution in [1.82, 2.24) is 14.5 Å². The van der Waals surface area contributed by atoms with Crippen LogP contribution >= 0.6 is 0 Å². The number of rotatable bonds is 1. The maximum Gasteiger partial charge on any atom is 0.158 e. The van der Waals surface area contributed by atoms with Crippen LogP contribution in [0, 0.1) is 5.82 Å². The van der Waals surface area contributed by atoms with Crippen LogP contribution in [0.5, 0.6) is 0 Å². The first-order valence-corrected chi connectivity index (χ1v) is 5.28. The van der Waals surface area contributed by atoms with Crippen LogP contribution < -0.4 is 0 Å². The summed E-state index contributed by atoms with van der Waals surface area (Å²) >= 11 is 0. The second kappa shape index (κ2) is 3.66. The van der Waals surface area contributed by atoms with Gasteiger partial charge >= 0.3 is 0 Å². The molecule has 0 saturated heterocycles. The molecule has 0 bridgehead atoms. The fourth-order valence-electron chi connectivity index (χ4n) is 1.94. The van der Waals surface area contributed by atoms with Gasteiger partial charge in [-0.25, -0.2) is 9.37 Å². The summed E-state index contributed by atoms with van der Waals surface area (Å²) in [4.78, 5) is 8.52. The number of fused-ring (bicyclic) bond motifs is 1. The number of nitrogens with zero attached hydrogens (tertiary/aromatic N) is 3. The minimum Gasteiger partial charge on any atom is -0.327 e. The van der Waals surface area contributed by atoms with E-state index in [2.05, 4.69) is 9.97 Å². The second-order valence-corrected chi connectivity index (χ2v) is 3.86. The fraction of sp³-hybridized carbons (Fsp3) is 0.0769. The summed E-state index contributed by atoms with van der Waals surface area (Å²) in [6.07, 6.45) is 3.33. The van der Waals surface area contributed by atoms with E-state index in [1.807, 2.05) is 17.7 Å². The summed E-state index contributed by atoms with van der Waals surface area (Å²) in [6, 6.07) is 8.37. The van der Waals surface area contributed by atoms with Gasteiger partial charge in [0.25, 0.3) is 0 Å². The van der Waals surface area contributed by atoms with Crippen LogP contribution in [0.3, 0.4) is 0 Å². The molecule has 3 aromatic rings. The number of hydrogen-bond acceptors (Lipinski definition) is 2. The average Bonchev–Trinajstić information content (AvgIpc) is 2.69. The molecule has 0 N–H and O–H groups in total. The van der Waals surface area contributed by atoms with E-state index in [1.54, 1.807) is 24.5 Å². The van der Waals surface area contributed by atoms with Crippen molar-refractivity contribution < 1.29 is 4.39 Å². The molecule has 2 aromatic heterocycles. The van der Waals surface area contributed by atoms with Gasteiger partial charge in [-0.2, -0.15) is 0 Å². The maximum absolute atomic E-state index is 12.9. The monoisotopic (exact) mass is 227 g/mol. The Hall–Kier alpha value is -2.23. The van der Waals surface area contributed by atoms with Gasteiger partial charge in [-0.3, -0.25) is 4.98 Å². The van der Waals surface area contributed by atoms with Crippen molar-refractivity contribution in [3.8, 4) is 11.3 Å². The van der Waals surface area contributed by atoms with Gasteiger partial charge in [0.15, 0.2) is 5.65 Å². The molecule has 0 fully saturated rings. The van der Waals surface area contributed by atoms with Crippen molar-refractivity contribution >= 4 is 11.2 Å². The van der Waals surface area contributed by atoms with E-state index in [1.165, 1.54) is 12.1 Å². The molecule has 0 aliphatic rings. The molecule has 2 heterocycles. The summed E-state index contributed by atoms with van der Waals surface area (Å²) in [5, 5.41) is 0. The number of halogens is 1. The van der Waals surface area contributed by atoms with Crippen molar-refractivity contribution in [3.63, 3.8) is 0 Å². The highest BCUT2D eigenvalue weighted by Gasteiger charge is 2.08. The molecule has 0 aliphatic carbocycles. The number of hydrogen-bond donors (Lipinski definition) is 0. The van der Waals surface area contributed by atoms with Crippen LogP contribution in [0.15, 0.2) is 42.7 Å². The number of aromatic nitrogens is 3. The molecule has 84 valence electrons. The number of aryl methyl sites for hydroxylation is 1. The largest absolute Gasteiger partial charge is 0.327 e. The van der Waals surface area contributed by atoms with E-state index in [0.29, 0.717) is 0 Å². The third-order valence-electron chi connectivity index (χ3n) is 2.80. The third kappa shape index (κ3) is 1.58. The van der Waals surface area contributed by atoms with Crippen LogP contribution in [0.1, 0.15) is 0 Å². The lowest BCUT2D eigenvalue weighted by Gasteiger charge is -2.03. The molecule has 3 rings (SSSR count). The van der Waals surface area contributed by atoms with Gasteiger partial charge in [0, 0.05) is 19.4 Å². The molecule has 0 radical (unpaired) electrons. The Morgan fingerprint density at radius 2 is 1.76 bits per heavy atom. The Morgan fingerprint density at radius 3 is 2.47 bits per heavy atom. The van der Waals surface area contributed by atoms with E-state index < -0.39 is 0 Å². The molecule has 3 nitrogen and oxygen atoms in total. The van der Waals surface area contributed by atoms with Crippen LogP contribution in [-0.4, -0.2) is 14.5 Å². The Labute approximate surface area is 97.6 Å². The van der Waals surface area contributed by atoms with Gasteiger partial charge in [-0.05, 0) is 35.9 Å². The number of benzene rings is 1. The third-order valence-corrected chi connectivity index (χ3v) is 2.80. The zero-order chi connectivity index (χ0) is 11.8. The summed E-state index contributed by atoms with van der Waals surface area (Å²) in [5.41, 5.74) is 3.60. The quantitative estimate of drug-likeness (QED) is 0.640. The van der Waals surface area contributed by atoms with Gasteiger partial charge in [-0.1, -0.05) is 0 Å². The molecule has 0 aliphatic heterocycles. The van der Waals surface area contributed by atoms with E-state index in [4.69, 9.17) is 0 Å². The van der Waals surface area contributed by atoms with Crippen molar-refractivity contribution in [3.05, 3.63) is 48.5 Å². The SMILES string of the molecule is Cn1c(-c2ccc(F)cc2)cc2nccnc21. The fourth-order valence-corrected chi connectivity index (χ4v) is 1.94. The standard InChI is InChI=1S/C13H10FN3/c1-17-12(9-2-4-10(14)5-3-9)8-11-13(17)16-7-6-15-11/h2-8H,1H3. The Bertz CT molecular complexity index is 671. The Kier molecular flexibility index (Phi) is 2.14. The molecule has 17 heavy (non-hydrogen) atoms. The topological polar surface area (TPSA) is 30.7 Å². The van der Waals surface area contributed by atoms with E-state index >= 15 is 0 Å². The molecule has 4 heteroatoms. The summed E-state index contributed by atoms with van der Waals surface area (Å²) in [6.45, 7) is 0. The summed E-state index contributed by atoms with van der Waals surface area (Å²) in [7, 11) is 1.93. The highest BCUT2D eigenvalue weighted by Crippen LogP contribution is 2.24. The molecule has 0 spiro atoms. The minimum atomic E-state index is -0.233. The van der Waals surface area contributed by atoms with Crippen LogP contribution in [0.25, 0.3) is 22.4 Å². The van der Waals surface area contributed by atoms with Gasteiger partial charge in [0.1, 0.15) is 11.3 Å². The molecule has 0 unspecified atom stereocenters. The first kappa shape index (κ1) is 9.96. The van der Waals surface area contributed by atoms with Crippen molar-refractivity contribution in [2.24, 2.45) is 7.05 Å². The highest BCUT2D eigenvalue weighted by atomic mass is 19.1. The van der Waals surface area contributed by atoms with Crippen LogP contribution in [0.4, 0.5) is 4.39 Å². The summed E-state index contributed by atoms with van der Waals surface area (Å²) in [5.74, 6) is -0.233. The first-order chi connectivity index (χ1) is 8.25. The molecule has 0 amide bonds. The Morgan fingerprint density at radius 1 is 1.06 bits per heavy atom. The van der Waals surface area contributed by atoms with E-state index in [9.17, 15) is 4.39 Å². The predicted octanol–water partition coefficient (Wildman–Crippen LogP) is 2.77. The lowest BCUT2D eigenvalue weighted by molar-refractivity contribution is 0.628. The lowest BCUT2D eigenvalue weighted by atomic mass is 10.1. The van der Waals surface area contributed by atoms with Crippen molar-refractivity contribution in [2.45, 2.75) is 0 Å². The highest BCUT2D eigenvalue weighted by molar-refractivity contribution is 5.80. The average molecular weight is 227 g/mol. The molecular weight excluding hydrogens is 217 g/mol. The zero-order valence-electron chi connectivity index (χ0n) is 9.26. The smallest absolute Gasteiger partial charge is 0.158 e. The van der Waals surface area contributed by atoms with Gasteiger partial charge in [-0.15, -0.1) is 0 Å². The lowest BCUT2D eigenvalue weighted by Crippen LogP contribution is -1.93. The van der Waals surface area contributed by atoms with Gasteiger partial charge < -0.3 is 4.57 Å². The van der Waals surface area contributed by atoms with Gasteiger partial charge in [0.2, 0.25) is 0 Å². The van der Waals surface area contributed by atoms with E-state index in [0.717, 1.165) is 22.4 Å². The van der Waals surface area contributed by atoms with Crippen molar-refractivity contribution in [2.75, 3.05) is 0 Å². The molecule has 0 saturated carbocycles. The predicted molar refractivity (Wildman–Crippen MR) is 63.9 cm³/mol. The normalized spacial score (nSPS) is 10.9. The second-order valence-electron chi connectivity index (χ2n) is 3.86. The van der Waals surface area contributed by atoms with E-state index in [-0.39, 0.29) is 5.82 Å². The molecule has 1 aromatic carbocycles. The van der Waals surface area contributed by atoms with Crippen LogP contribution in [-0.2, 0) is 7.05 Å².